The van der Waals surface area contributed by atoms with Crippen molar-refractivity contribution >= 4 is 18.0 Å². The van der Waals surface area contributed by atoms with Gasteiger partial charge in [0.1, 0.15) is 12.6 Å². The third-order valence-electron chi connectivity index (χ3n) is 6.09. The smallest absolute Gasteiger partial charge is 0.407 e. The molecule has 7 nitrogen and oxygen atoms in total. The lowest BCUT2D eigenvalue weighted by atomic mass is 9.98. The fourth-order valence-electron chi connectivity index (χ4n) is 4.41. The molecule has 0 bridgehead atoms. The highest BCUT2D eigenvalue weighted by atomic mass is 16.5. The van der Waals surface area contributed by atoms with Gasteiger partial charge in [-0.25, -0.2) is 4.79 Å². The van der Waals surface area contributed by atoms with Crippen LogP contribution < -0.4 is 10.6 Å². The minimum Gasteiger partial charge on any atom is -0.481 e. The van der Waals surface area contributed by atoms with Crippen LogP contribution in [0.25, 0.3) is 11.1 Å². The van der Waals surface area contributed by atoms with Crippen molar-refractivity contribution in [2.75, 3.05) is 6.61 Å². The Morgan fingerprint density at radius 2 is 1.66 bits per heavy atom. The number of fused-ring (bicyclic) bond motifs is 3. The summed E-state index contributed by atoms with van der Waals surface area (Å²) in [5, 5.41) is 14.5. The van der Waals surface area contributed by atoms with Gasteiger partial charge in [0.2, 0.25) is 5.91 Å². The van der Waals surface area contributed by atoms with Gasteiger partial charge < -0.3 is 20.5 Å². The second-order valence-electron chi connectivity index (χ2n) is 8.11. The van der Waals surface area contributed by atoms with Crippen molar-refractivity contribution < 1.29 is 24.2 Å². The standard InChI is InChI=1S/C25H26N2O5/c1-2-22(23(28)26-16-12-11-15(13-16)24(29)30)27-25(31)32-14-21-19-9-5-3-7-17(19)18-8-4-6-10-20(18)21/h3-12,15-16,21-22H,2,13-14H2,1H3,(H,26,28)(H,27,31)(H,29,30)/t15?,16?,22-/m1/s1. The number of carboxylic acid groups (broad SMARTS) is 1. The molecule has 2 amide bonds. The van der Waals surface area contributed by atoms with Gasteiger partial charge in [0.15, 0.2) is 0 Å². The van der Waals surface area contributed by atoms with Crippen LogP contribution in [-0.2, 0) is 14.3 Å². The normalized spacial score (nSPS) is 19.7. The summed E-state index contributed by atoms with van der Waals surface area (Å²) in [5.74, 6) is -1.93. The SMILES string of the molecule is CC[C@@H](NC(=O)OCC1c2ccccc2-c2ccccc21)C(=O)NC1C=CC(C(=O)O)C1. The minimum atomic E-state index is -0.915. The zero-order valence-corrected chi connectivity index (χ0v) is 17.8. The van der Waals surface area contributed by atoms with E-state index in [0.717, 1.165) is 22.3 Å². The molecule has 3 atom stereocenters. The summed E-state index contributed by atoms with van der Waals surface area (Å²) in [6, 6.07) is 15.0. The number of hydrogen-bond acceptors (Lipinski definition) is 4. The highest BCUT2D eigenvalue weighted by Gasteiger charge is 2.30. The largest absolute Gasteiger partial charge is 0.481 e. The number of nitrogens with one attached hydrogen (secondary N) is 2. The lowest BCUT2D eigenvalue weighted by Gasteiger charge is -2.20. The molecule has 2 aromatic rings. The number of ether oxygens (including phenoxy) is 1. The fourth-order valence-corrected chi connectivity index (χ4v) is 4.41. The first-order valence-corrected chi connectivity index (χ1v) is 10.8. The van der Waals surface area contributed by atoms with Gasteiger partial charge in [-0.05, 0) is 35.1 Å². The summed E-state index contributed by atoms with van der Waals surface area (Å²) in [6.07, 6.45) is 3.29. The lowest BCUT2D eigenvalue weighted by Crippen LogP contribution is -2.49. The van der Waals surface area contributed by atoms with Gasteiger partial charge in [0.05, 0.1) is 5.92 Å². The molecule has 0 radical (unpaired) electrons. The van der Waals surface area contributed by atoms with E-state index in [1.807, 2.05) is 36.4 Å². The zero-order valence-electron chi connectivity index (χ0n) is 17.8. The molecule has 0 saturated carbocycles. The van der Waals surface area contributed by atoms with Crippen molar-refractivity contribution in [3.63, 3.8) is 0 Å². The summed E-state index contributed by atoms with van der Waals surface area (Å²) in [5.41, 5.74) is 4.53. The minimum absolute atomic E-state index is 0.0568. The molecule has 2 aromatic carbocycles. The van der Waals surface area contributed by atoms with Crippen LogP contribution in [0.2, 0.25) is 0 Å². The zero-order chi connectivity index (χ0) is 22.7. The van der Waals surface area contributed by atoms with Gasteiger partial charge in [-0.15, -0.1) is 0 Å². The van der Waals surface area contributed by atoms with E-state index in [9.17, 15) is 14.4 Å². The van der Waals surface area contributed by atoms with E-state index in [1.165, 1.54) is 0 Å². The van der Waals surface area contributed by atoms with E-state index in [2.05, 4.69) is 22.8 Å². The lowest BCUT2D eigenvalue weighted by molar-refractivity contribution is -0.140. The summed E-state index contributed by atoms with van der Waals surface area (Å²) in [6.45, 7) is 1.96. The second-order valence-corrected chi connectivity index (χ2v) is 8.11. The van der Waals surface area contributed by atoms with Crippen molar-refractivity contribution in [1.29, 1.82) is 0 Å². The van der Waals surface area contributed by atoms with E-state index < -0.39 is 24.0 Å². The highest BCUT2D eigenvalue weighted by Crippen LogP contribution is 2.44. The Morgan fingerprint density at radius 3 is 2.22 bits per heavy atom. The maximum absolute atomic E-state index is 12.6. The molecule has 0 saturated heterocycles. The number of rotatable bonds is 7. The number of hydrogen-bond donors (Lipinski definition) is 3. The molecule has 0 aromatic heterocycles. The van der Waals surface area contributed by atoms with E-state index >= 15 is 0 Å². The molecule has 0 aliphatic heterocycles. The molecule has 0 spiro atoms. The number of aliphatic carboxylic acids is 1. The van der Waals surface area contributed by atoms with Crippen LogP contribution in [0.15, 0.2) is 60.7 Å². The molecule has 7 heteroatoms. The predicted octanol–water partition coefficient (Wildman–Crippen LogP) is 3.45. The van der Waals surface area contributed by atoms with Gasteiger partial charge in [0, 0.05) is 12.0 Å². The van der Waals surface area contributed by atoms with Crippen LogP contribution in [0.4, 0.5) is 4.79 Å². The molecular formula is C25H26N2O5. The van der Waals surface area contributed by atoms with Crippen molar-refractivity contribution in [1.82, 2.24) is 10.6 Å². The summed E-state index contributed by atoms with van der Waals surface area (Å²) in [4.78, 5) is 36.1. The molecule has 0 heterocycles. The Hall–Kier alpha value is -3.61. The van der Waals surface area contributed by atoms with Gasteiger partial charge >= 0.3 is 12.1 Å². The third kappa shape index (κ3) is 4.37. The Morgan fingerprint density at radius 1 is 1.03 bits per heavy atom. The van der Waals surface area contributed by atoms with E-state index in [-0.39, 0.29) is 24.5 Å². The van der Waals surface area contributed by atoms with Crippen LogP contribution in [0, 0.1) is 5.92 Å². The molecule has 166 valence electrons. The molecule has 2 aliphatic carbocycles. The topological polar surface area (TPSA) is 105 Å². The highest BCUT2D eigenvalue weighted by molar-refractivity contribution is 5.86. The molecule has 0 fully saturated rings. The number of benzene rings is 2. The molecular weight excluding hydrogens is 408 g/mol. The fraction of sp³-hybridized carbons (Fsp3) is 0.320. The average Bonchev–Trinajstić information content (AvgIpc) is 3.39. The summed E-state index contributed by atoms with van der Waals surface area (Å²) >= 11 is 0. The maximum atomic E-state index is 12.6. The molecule has 2 aliphatic rings. The van der Waals surface area contributed by atoms with Crippen LogP contribution in [0.3, 0.4) is 0 Å². The van der Waals surface area contributed by atoms with E-state index in [1.54, 1.807) is 19.1 Å². The van der Waals surface area contributed by atoms with E-state index in [4.69, 9.17) is 9.84 Å². The number of carbonyl (C=O) groups excluding carboxylic acids is 2. The van der Waals surface area contributed by atoms with Crippen LogP contribution >= 0.6 is 0 Å². The first-order chi connectivity index (χ1) is 15.5. The Kier molecular flexibility index (Phi) is 6.25. The van der Waals surface area contributed by atoms with Crippen LogP contribution in [0.5, 0.6) is 0 Å². The van der Waals surface area contributed by atoms with Gasteiger partial charge in [-0.2, -0.15) is 0 Å². The Bertz CT molecular complexity index is 1020. The first-order valence-electron chi connectivity index (χ1n) is 10.8. The summed E-state index contributed by atoms with van der Waals surface area (Å²) < 4.78 is 5.52. The predicted molar refractivity (Wildman–Crippen MR) is 119 cm³/mol. The number of carbonyl (C=O) groups is 3. The van der Waals surface area contributed by atoms with Gasteiger partial charge in [-0.3, -0.25) is 9.59 Å². The number of alkyl carbamates (subject to hydrolysis) is 1. The van der Waals surface area contributed by atoms with Crippen molar-refractivity contribution in [2.24, 2.45) is 5.92 Å². The van der Waals surface area contributed by atoms with Gasteiger partial charge in [0.25, 0.3) is 0 Å². The monoisotopic (exact) mass is 434 g/mol. The molecule has 3 N–H and O–H groups in total. The molecule has 2 unspecified atom stereocenters. The molecule has 4 rings (SSSR count). The van der Waals surface area contributed by atoms with Gasteiger partial charge in [-0.1, -0.05) is 67.6 Å². The van der Waals surface area contributed by atoms with Crippen molar-refractivity contribution in [2.45, 2.75) is 37.8 Å². The number of amides is 2. The van der Waals surface area contributed by atoms with Crippen molar-refractivity contribution in [3.8, 4) is 11.1 Å². The Labute approximate surface area is 186 Å². The maximum Gasteiger partial charge on any atom is 0.407 e. The average molecular weight is 434 g/mol. The third-order valence-corrected chi connectivity index (χ3v) is 6.09. The summed E-state index contributed by atoms with van der Waals surface area (Å²) in [7, 11) is 0. The van der Waals surface area contributed by atoms with Crippen LogP contribution in [0.1, 0.15) is 36.8 Å². The molecule has 32 heavy (non-hydrogen) atoms. The second kappa shape index (κ2) is 9.26. The first kappa shape index (κ1) is 21.6. The Balaban J connectivity index is 1.34. The number of carboxylic acids is 1. The van der Waals surface area contributed by atoms with Crippen LogP contribution in [-0.4, -0.2) is 41.8 Å². The van der Waals surface area contributed by atoms with Crippen molar-refractivity contribution in [3.05, 3.63) is 71.8 Å². The van der Waals surface area contributed by atoms with E-state index in [0.29, 0.717) is 12.8 Å². The quantitative estimate of drug-likeness (QED) is 0.579.